The number of halogens is 1. The first-order chi connectivity index (χ1) is 10.6. The Morgan fingerprint density at radius 3 is 2.68 bits per heavy atom. The number of carbonyl (C=O) groups excluding carboxylic acids is 1. The number of urea groups is 1. The molecule has 0 bridgehead atoms. The molecule has 0 aromatic heterocycles. The lowest BCUT2D eigenvalue weighted by molar-refractivity contribution is 0.179. The summed E-state index contributed by atoms with van der Waals surface area (Å²) >= 11 is 5.94. The van der Waals surface area contributed by atoms with Crippen molar-refractivity contribution in [2.75, 3.05) is 19.7 Å². The molecule has 2 rings (SSSR count). The monoisotopic (exact) mass is 322 g/mol. The number of carbonyl (C=O) groups is 1. The largest absolute Gasteiger partial charge is 0.395 e. The van der Waals surface area contributed by atoms with Crippen LogP contribution in [0.1, 0.15) is 24.9 Å². The van der Waals surface area contributed by atoms with Crippen molar-refractivity contribution in [3.05, 3.63) is 47.5 Å². The Bertz CT molecular complexity index is 518. The quantitative estimate of drug-likeness (QED) is 0.757. The highest BCUT2D eigenvalue weighted by Gasteiger charge is 2.41. The van der Waals surface area contributed by atoms with Crippen LogP contribution < -0.4 is 5.32 Å². The minimum absolute atomic E-state index is 0.0224. The fraction of sp³-hybridized carbons (Fsp3) is 0.471. The smallest absolute Gasteiger partial charge is 0.318 e. The standard InChI is InChI=1S/C17H23ClN2O2/c1-3-8-20(9-10-21)17(22)19-16(15-11-12(15)2)13-4-6-14(18)7-5-13/h3-7,12,15-16,21H,1,8-11H2,2H3,(H,19,22). The third kappa shape index (κ3) is 4.24. The number of nitrogens with one attached hydrogen (secondary N) is 1. The first kappa shape index (κ1) is 16.8. The number of hydrogen-bond acceptors (Lipinski definition) is 2. The van der Waals surface area contributed by atoms with Crippen molar-refractivity contribution >= 4 is 17.6 Å². The van der Waals surface area contributed by atoms with Crippen molar-refractivity contribution in [3.63, 3.8) is 0 Å². The summed E-state index contributed by atoms with van der Waals surface area (Å²) in [4.78, 5) is 14.0. The minimum atomic E-state index is -0.173. The fourth-order valence-corrected chi connectivity index (χ4v) is 2.83. The van der Waals surface area contributed by atoms with Gasteiger partial charge in [-0.3, -0.25) is 0 Å². The topological polar surface area (TPSA) is 52.6 Å². The van der Waals surface area contributed by atoms with Crippen LogP contribution in [0, 0.1) is 11.8 Å². The molecule has 0 saturated heterocycles. The zero-order valence-electron chi connectivity index (χ0n) is 12.8. The van der Waals surface area contributed by atoms with Gasteiger partial charge in [-0.15, -0.1) is 6.58 Å². The molecule has 3 unspecified atom stereocenters. The van der Waals surface area contributed by atoms with E-state index in [1.807, 2.05) is 24.3 Å². The normalized spacial score (nSPS) is 21.0. The van der Waals surface area contributed by atoms with Crippen LogP contribution in [0.2, 0.25) is 5.02 Å². The molecule has 0 heterocycles. The lowest BCUT2D eigenvalue weighted by Crippen LogP contribution is -2.43. The summed E-state index contributed by atoms with van der Waals surface area (Å²) in [7, 11) is 0. The Hall–Kier alpha value is -1.52. The van der Waals surface area contributed by atoms with Crippen LogP contribution in [0.15, 0.2) is 36.9 Å². The average Bonchev–Trinajstić information content (AvgIpc) is 3.22. The SMILES string of the molecule is C=CCN(CCO)C(=O)NC(c1ccc(Cl)cc1)C1CC1C. The molecule has 0 aliphatic heterocycles. The van der Waals surface area contributed by atoms with Crippen LogP contribution >= 0.6 is 11.6 Å². The van der Waals surface area contributed by atoms with Gasteiger partial charge in [0.1, 0.15) is 0 Å². The highest BCUT2D eigenvalue weighted by molar-refractivity contribution is 6.30. The molecule has 0 radical (unpaired) electrons. The summed E-state index contributed by atoms with van der Waals surface area (Å²) in [5, 5.41) is 12.9. The molecule has 22 heavy (non-hydrogen) atoms. The van der Waals surface area contributed by atoms with Crippen molar-refractivity contribution in [2.24, 2.45) is 11.8 Å². The Morgan fingerprint density at radius 2 is 2.18 bits per heavy atom. The second-order valence-corrected chi connectivity index (χ2v) is 6.25. The average molecular weight is 323 g/mol. The molecule has 1 fully saturated rings. The van der Waals surface area contributed by atoms with E-state index in [1.54, 1.807) is 11.0 Å². The van der Waals surface area contributed by atoms with Gasteiger partial charge in [-0.25, -0.2) is 4.79 Å². The van der Waals surface area contributed by atoms with Crippen LogP contribution in [0.4, 0.5) is 4.79 Å². The van der Waals surface area contributed by atoms with Crippen molar-refractivity contribution in [1.29, 1.82) is 0 Å². The van der Waals surface area contributed by atoms with Crippen LogP contribution in [0.5, 0.6) is 0 Å². The molecule has 1 saturated carbocycles. The van der Waals surface area contributed by atoms with Gasteiger partial charge in [0.05, 0.1) is 12.6 Å². The van der Waals surface area contributed by atoms with Crippen LogP contribution in [0.25, 0.3) is 0 Å². The van der Waals surface area contributed by atoms with Gasteiger partial charge in [0.2, 0.25) is 0 Å². The summed E-state index contributed by atoms with van der Waals surface area (Å²) in [6.45, 7) is 6.49. The zero-order chi connectivity index (χ0) is 16.1. The molecule has 1 aliphatic rings. The van der Waals surface area contributed by atoms with E-state index in [0.29, 0.717) is 29.9 Å². The maximum atomic E-state index is 12.4. The molecule has 1 aromatic carbocycles. The first-order valence-corrected chi connectivity index (χ1v) is 7.97. The van der Waals surface area contributed by atoms with E-state index in [2.05, 4.69) is 18.8 Å². The number of rotatable bonds is 7. The maximum absolute atomic E-state index is 12.4. The van der Waals surface area contributed by atoms with Gasteiger partial charge in [0, 0.05) is 18.1 Å². The molecular weight excluding hydrogens is 300 g/mol. The predicted molar refractivity (Wildman–Crippen MR) is 88.9 cm³/mol. The highest BCUT2D eigenvalue weighted by Crippen LogP contribution is 2.47. The number of benzene rings is 1. The lowest BCUT2D eigenvalue weighted by atomic mass is 10.0. The van der Waals surface area contributed by atoms with Gasteiger partial charge in [0.15, 0.2) is 0 Å². The van der Waals surface area contributed by atoms with Crippen molar-refractivity contribution in [3.8, 4) is 0 Å². The summed E-state index contributed by atoms with van der Waals surface area (Å²) < 4.78 is 0. The van der Waals surface area contributed by atoms with E-state index >= 15 is 0 Å². The summed E-state index contributed by atoms with van der Waals surface area (Å²) in [5.41, 5.74) is 1.06. The van der Waals surface area contributed by atoms with Crippen molar-refractivity contribution < 1.29 is 9.90 Å². The molecule has 5 heteroatoms. The van der Waals surface area contributed by atoms with E-state index in [9.17, 15) is 4.79 Å². The Kier molecular flexibility index (Phi) is 5.86. The maximum Gasteiger partial charge on any atom is 0.318 e. The van der Waals surface area contributed by atoms with E-state index in [0.717, 1.165) is 12.0 Å². The van der Waals surface area contributed by atoms with Gasteiger partial charge in [-0.2, -0.15) is 0 Å². The number of nitrogens with zero attached hydrogens (tertiary/aromatic N) is 1. The van der Waals surface area contributed by atoms with E-state index in [-0.39, 0.29) is 18.7 Å². The molecule has 3 atom stereocenters. The first-order valence-electron chi connectivity index (χ1n) is 7.59. The summed E-state index contributed by atoms with van der Waals surface area (Å²) in [6.07, 6.45) is 2.77. The van der Waals surface area contributed by atoms with E-state index in [1.165, 1.54) is 0 Å². The lowest BCUT2D eigenvalue weighted by Gasteiger charge is -2.26. The molecule has 120 valence electrons. The van der Waals surface area contributed by atoms with Crippen molar-refractivity contribution in [2.45, 2.75) is 19.4 Å². The van der Waals surface area contributed by atoms with Gasteiger partial charge < -0.3 is 15.3 Å². The third-order valence-electron chi connectivity index (χ3n) is 4.11. The summed E-state index contributed by atoms with van der Waals surface area (Å²) in [5.74, 6) is 1.05. The molecule has 4 nitrogen and oxygen atoms in total. The molecule has 0 spiro atoms. The Balaban J connectivity index is 2.11. The van der Waals surface area contributed by atoms with Gasteiger partial charge in [0.25, 0.3) is 0 Å². The number of amides is 2. The van der Waals surface area contributed by atoms with Crippen LogP contribution in [-0.2, 0) is 0 Å². The predicted octanol–water partition coefficient (Wildman–Crippen LogP) is 3.23. The third-order valence-corrected chi connectivity index (χ3v) is 4.37. The zero-order valence-corrected chi connectivity index (χ0v) is 13.6. The van der Waals surface area contributed by atoms with E-state index < -0.39 is 0 Å². The summed E-state index contributed by atoms with van der Waals surface area (Å²) in [6, 6.07) is 7.42. The van der Waals surface area contributed by atoms with E-state index in [4.69, 9.17) is 16.7 Å². The van der Waals surface area contributed by atoms with Crippen LogP contribution in [0.3, 0.4) is 0 Å². The number of aliphatic hydroxyl groups is 1. The molecule has 1 aliphatic carbocycles. The van der Waals surface area contributed by atoms with Crippen molar-refractivity contribution in [1.82, 2.24) is 10.2 Å². The Morgan fingerprint density at radius 1 is 1.55 bits per heavy atom. The minimum Gasteiger partial charge on any atom is -0.395 e. The van der Waals surface area contributed by atoms with Gasteiger partial charge >= 0.3 is 6.03 Å². The number of aliphatic hydroxyl groups excluding tert-OH is 1. The highest BCUT2D eigenvalue weighted by atomic mass is 35.5. The molecule has 2 amide bonds. The molecule has 1 aromatic rings. The second-order valence-electron chi connectivity index (χ2n) is 5.81. The fourth-order valence-electron chi connectivity index (χ4n) is 2.70. The second kappa shape index (κ2) is 7.65. The van der Waals surface area contributed by atoms with Gasteiger partial charge in [-0.05, 0) is 36.0 Å². The van der Waals surface area contributed by atoms with Gasteiger partial charge in [-0.1, -0.05) is 36.7 Å². The number of hydrogen-bond donors (Lipinski definition) is 2. The molecular formula is C17H23ClN2O2. The van der Waals surface area contributed by atoms with Crippen LogP contribution in [-0.4, -0.2) is 35.7 Å². The molecule has 2 N–H and O–H groups in total. The Labute approximate surface area is 136 Å².